The zero-order valence-electron chi connectivity index (χ0n) is 11.9. The number of H-pyrrole nitrogens is 1. The molecule has 0 aromatic carbocycles. The molecule has 9 nitrogen and oxygen atoms in total. The summed E-state index contributed by atoms with van der Waals surface area (Å²) in [5.74, 6) is -1.19. The van der Waals surface area contributed by atoms with Crippen LogP contribution in [0.4, 0.5) is 0 Å². The lowest BCUT2D eigenvalue weighted by Gasteiger charge is -2.14. The third-order valence-electron chi connectivity index (χ3n) is 3.73. The fourth-order valence-corrected chi connectivity index (χ4v) is 2.42. The number of aromatic nitrogens is 2. The summed E-state index contributed by atoms with van der Waals surface area (Å²) >= 11 is 0. The molecule has 1 saturated heterocycles. The number of aliphatic hydroxyl groups is 1. The van der Waals surface area contributed by atoms with Crippen LogP contribution >= 0.6 is 0 Å². The monoisotopic (exact) mass is 313 g/mol. The highest BCUT2D eigenvalue weighted by atomic mass is 16.5. The van der Waals surface area contributed by atoms with Crippen LogP contribution < -0.4 is 17.0 Å². The van der Waals surface area contributed by atoms with Gasteiger partial charge < -0.3 is 25.7 Å². The van der Waals surface area contributed by atoms with Gasteiger partial charge in [-0.1, -0.05) is 0 Å². The van der Waals surface area contributed by atoms with E-state index in [0.29, 0.717) is 18.4 Å². The smallest absolute Gasteiger partial charge is 0.328 e. The maximum absolute atomic E-state index is 12.4. The molecule has 2 heterocycles. The van der Waals surface area contributed by atoms with Crippen molar-refractivity contribution >= 4 is 5.97 Å². The van der Waals surface area contributed by atoms with Gasteiger partial charge in [-0.15, -0.1) is 0 Å². The SMILES string of the molecule is NC(CCn1c(=O)[nH]cc(C2CCC(CO)O2)c1=O)C(=O)O. The molecule has 122 valence electrons. The van der Waals surface area contributed by atoms with E-state index < -0.39 is 29.4 Å². The Kier molecular flexibility index (Phi) is 5.11. The highest BCUT2D eigenvalue weighted by Crippen LogP contribution is 2.30. The minimum Gasteiger partial charge on any atom is -0.480 e. The molecular weight excluding hydrogens is 294 g/mol. The number of nitrogens with zero attached hydrogens (tertiary/aromatic N) is 1. The minimum absolute atomic E-state index is 0.0352. The first-order chi connectivity index (χ1) is 10.4. The normalized spacial score (nSPS) is 22.6. The number of nitrogens with one attached hydrogen (secondary N) is 1. The van der Waals surface area contributed by atoms with E-state index in [1.54, 1.807) is 0 Å². The van der Waals surface area contributed by atoms with Gasteiger partial charge in [0.1, 0.15) is 6.04 Å². The summed E-state index contributed by atoms with van der Waals surface area (Å²) in [4.78, 5) is 37.3. The van der Waals surface area contributed by atoms with Crippen molar-refractivity contribution < 1.29 is 19.7 Å². The number of carbonyl (C=O) groups is 1. The van der Waals surface area contributed by atoms with Gasteiger partial charge in [0.15, 0.2) is 0 Å². The third kappa shape index (κ3) is 3.43. The zero-order chi connectivity index (χ0) is 16.3. The van der Waals surface area contributed by atoms with Gasteiger partial charge in [0.2, 0.25) is 0 Å². The van der Waals surface area contributed by atoms with E-state index in [1.807, 2.05) is 0 Å². The largest absolute Gasteiger partial charge is 0.480 e. The fraction of sp³-hybridized carbons (Fsp3) is 0.615. The zero-order valence-corrected chi connectivity index (χ0v) is 11.9. The van der Waals surface area contributed by atoms with E-state index in [0.717, 1.165) is 4.57 Å². The number of hydrogen-bond acceptors (Lipinski definition) is 6. The van der Waals surface area contributed by atoms with E-state index in [-0.39, 0.29) is 25.7 Å². The molecule has 5 N–H and O–H groups in total. The van der Waals surface area contributed by atoms with Crippen LogP contribution in [-0.2, 0) is 16.1 Å². The summed E-state index contributed by atoms with van der Waals surface area (Å²) in [6.07, 6.45) is 1.67. The Labute approximate surface area is 125 Å². The average molecular weight is 313 g/mol. The van der Waals surface area contributed by atoms with Crippen LogP contribution in [-0.4, -0.2) is 44.5 Å². The summed E-state index contributed by atoms with van der Waals surface area (Å²) in [7, 11) is 0. The molecule has 9 heteroatoms. The lowest BCUT2D eigenvalue weighted by molar-refractivity contribution is -0.138. The molecule has 1 aromatic heterocycles. The second-order valence-corrected chi connectivity index (χ2v) is 5.25. The second kappa shape index (κ2) is 6.86. The Morgan fingerprint density at radius 3 is 2.82 bits per heavy atom. The molecule has 3 unspecified atom stereocenters. The first kappa shape index (κ1) is 16.4. The first-order valence-electron chi connectivity index (χ1n) is 7.01. The number of ether oxygens (including phenoxy) is 1. The predicted molar refractivity (Wildman–Crippen MR) is 75.5 cm³/mol. The molecule has 3 atom stereocenters. The van der Waals surface area contributed by atoms with Crippen molar-refractivity contribution in [2.24, 2.45) is 5.73 Å². The van der Waals surface area contributed by atoms with Crippen molar-refractivity contribution in [2.75, 3.05) is 6.61 Å². The quantitative estimate of drug-likeness (QED) is 0.502. The van der Waals surface area contributed by atoms with Gasteiger partial charge in [0.05, 0.1) is 24.4 Å². The average Bonchev–Trinajstić information content (AvgIpc) is 2.95. The van der Waals surface area contributed by atoms with Crippen molar-refractivity contribution in [1.82, 2.24) is 9.55 Å². The molecule has 0 bridgehead atoms. The van der Waals surface area contributed by atoms with Crippen LogP contribution in [0.15, 0.2) is 15.8 Å². The van der Waals surface area contributed by atoms with Crippen LogP contribution in [0.2, 0.25) is 0 Å². The van der Waals surface area contributed by atoms with E-state index in [9.17, 15) is 14.4 Å². The molecule has 1 aliphatic heterocycles. The molecule has 1 aromatic rings. The molecule has 0 aliphatic carbocycles. The second-order valence-electron chi connectivity index (χ2n) is 5.25. The molecule has 2 rings (SSSR count). The summed E-state index contributed by atoms with van der Waals surface area (Å²) < 4.78 is 6.46. The number of aliphatic carboxylic acids is 1. The molecular formula is C13H19N3O6. The summed E-state index contributed by atoms with van der Waals surface area (Å²) in [6, 6.07) is -1.14. The van der Waals surface area contributed by atoms with Crippen molar-refractivity contribution in [3.05, 3.63) is 32.6 Å². The van der Waals surface area contributed by atoms with Crippen LogP contribution in [0.1, 0.15) is 30.9 Å². The first-order valence-corrected chi connectivity index (χ1v) is 7.01. The Bertz CT molecular complexity index is 652. The molecule has 1 aliphatic rings. The highest BCUT2D eigenvalue weighted by molar-refractivity contribution is 5.72. The maximum atomic E-state index is 12.4. The Morgan fingerprint density at radius 2 is 2.23 bits per heavy atom. The fourth-order valence-electron chi connectivity index (χ4n) is 2.42. The number of hydrogen-bond donors (Lipinski definition) is 4. The molecule has 0 spiro atoms. The van der Waals surface area contributed by atoms with Gasteiger partial charge in [-0.25, -0.2) is 4.79 Å². The number of rotatable bonds is 6. The van der Waals surface area contributed by atoms with Gasteiger partial charge in [0.25, 0.3) is 5.56 Å². The number of aromatic amines is 1. The van der Waals surface area contributed by atoms with Gasteiger partial charge in [-0.3, -0.25) is 14.2 Å². The van der Waals surface area contributed by atoms with Gasteiger partial charge in [0, 0.05) is 12.7 Å². The molecule has 22 heavy (non-hydrogen) atoms. The molecule has 0 saturated carbocycles. The highest BCUT2D eigenvalue weighted by Gasteiger charge is 2.28. The molecule has 0 amide bonds. The van der Waals surface area contributed by atoms with Gasteiger partial charge in [-0.05, 0) is 19.3 Å². The van der Waals surface area contributed by atoms with Crippen LogP contribution in [0.5, 0.6) is 0 Å². The van der Waals surface area contributed by atoms with Crippen molar-refractivity contribution in [1.29, 1.82) is 0 Å². The Balaban J connectivity index is 2.21. The Hall–Kier alpha value is -1.97. The number of nitrogens with two attached hydrogens (primary N) is 1. The lowest BCUT2D eigenvalue weighted by atomic mass is 10.1. The van der Waals surface area contributed by atoms with E-state index in [4.69, 9.17) is 20.7 Å². The van der Waals surface area contributed by atoms with Crippen LogP contribution in [0, 0.1) is 0 Å². The summed E-state index contributed by atoms with van der Waals surface area (Å²) in [5.41, 5.74) is 4.53. The molecule has 0 radical (unpaired) electrons. The van der Waals surface area contributed by atoms with Gasteiger partial charge >= 0.3 is 11.7 Å². The van der Waals surface area contributed by atoms with E-state index in [1.165, 1.54) is 6.20 Å². The van der Waals surface area contributed by atoms with Crippen LogP contribution in [0.25, 0.3) is 0 Å². The minimum atomic E-state index is -1.19. The lowest BCUT2D eigenvalue weighted by Crippen LogP contribution is -2.40. The van der Waals surface area contributed by atoms with Crippen molar-refractivity contribution in [3.63, 3.8) is 0 Å². The molecule has 1 fully saturated rings. The third-order valence-corrected chi connectivity index (χ3v) is 3.73. The number of carboxylic acid groups (broad SMARTS) is 1. The Morgan fingerprint density at radius 1 is 1.50 bits per heavy atom. The topological polar surface area (TPSA) is 148 Å². The van der Waals surface area contributed by atoms with Crippen LogP contribution in [0.3, 0.4) is 0 Å². The van der Waals surface area contributed by atoms with E-state index in [2.05, 4.69) is 4.98 Å². The van der Waals surface area contributed by atoms with Gasteiger partial charge in [-0.2, -0.15) is 0 Å². The summed E-state index contributed by atoms with van der Waals surface area (Å²) in [5, 5.41) is 17.8. The number of aliphatic hydroxyl groups excluding tert-OH is 1. The maximum Gasteiger partial charge on any atom is 0.328 e. The predicted octanol–water partition coefficient (Wildman–Crippen LogP) is -1.45. The van der Waals surface area contributed by atoms with Crippen molar-refractivity contribution in [2.45, 2.75) is 44.1 Å². The number of carboxylic acids is 1. The standard InChI is InChI=1S/C13H19N3O6/c14-9(12(19)20)3-4-16-11(18)8(5-15-13(16)21)10-2-1-7(6-17)22-10/h5,7,9-10,17H,1-4,6,14H2,(H,15,21)(H,19,20). The summed E-state index contributed by atoms with van der Waals surface area (Å²) in [6.45, 7) is -0.215. The van der Waals surface area contributed by atoms with E-state index >= 15 is 0 Å². The van der Waals surface area contributed by atoms with Crippen molar-refractivity contribution in [3.8, 4) is 0 Å².